The van der Waals surface area contributed by atoms with Gasteiger partial charge in [-0.25, -0.2) is 4.98 Å². The molecule has 2 aromatic heterocycles. The molecule has 13 aromatic rings. The summed E-state index contributed by atoms with van der Waals surface area (Å²) in [5, 5.41) is 9.59. The Labute approximate surface area is 376 Å². The average molecular weight is 826 g/mol. The Morgan fingerprint density at radius 3 is 1.46 bits per heavy atom. The van der Waals surface area contributed by atoms with E-state index in [0.717, 1.165) is 38.6 Å². The van der Waals surface area contributed by atoms with Crippen LogP contribution in [-0.2, 0) is 0 Å². The first kappa shape index (κ1) is 36.9. The Morgan fingerprint density at radius 2 is 0.769 bits per heavy atom. The molecular formula is C62H39N3. The van der Waals surface area contributed by atoms with Gasteiger partial charge in [-0.3, -0.25) is 4.98 Å². The van der Waals surface area contributed by atoms with Crippen molar-refractivity contribution < 1.29 is 0 Å². The molecule has 0 aliphatic heterocycles. The van der Waals surface area contributed by atoms with Crippen molar-refractivity contribution in [3.05, 3.63) is 237 Å². The first-order chi connectivity index (χ1) is 32.2. The summed E-state index contributed by atoms with van der Waals surface area (Å²) < 4.78 is 2.36. The van der Waals surface area contributed by atoms with Crippen LogP contribution < -0.4 is 0 Å². The molecule has 0 spiro atoms. The van der Waals surface area contributed by atoms with Gasteiger partial charge < -0.3 is 4.57 Å². The van der Waals surface area contributed by atoms with Crippen LogP contribution in [0.1, 0.15) is 0 Å². The van der Waals surface area contributed by atoms with E-state index in [-0.39, 0.29) is 0 Å². The molecule has 0 saturated carbocycles. The second-order valence-electron chi connectivity index (χ2n) is 16.9. The van der Waals surface area contributed by atoms with Gasteiger partial charge in [0.25, 0.3) is 0 Å². The molecule has 0 unspecified atom stereocenters. The monoisotopic (exact) mass is 825 g/mol. The molecule has 0 atom stereocenters. The zero-order valence-electron chi connectivity index (χ0n) is 35.4. The third kappa shape index (κ3) is 6.12. The van der Waals surface area contributed by atoms with E-state index in [2.05, 4.69) is 235 Å². The van der Waals surface area contributed by atoms with Crippen molar-refractivity contribution in [3.63, 3.8) is 0 Å². The lowest BCUT2D eigenvalue weighted by Crippen LogP contribution is -1.92. The van der Waals surface area contributed by atoms with Crippen LogP contribution in [0.5, 0.6) is 0 Å². The summed E-state index contributed by atoms with van der Waals surface area (Å²) in [4.78, 5) is 10.3. The van der Waals surface area contributed by atoms with Gasteiger partial charge in [-0.2, -0.15) is 0 Å². The van der Waals surface area contributed by atoms with E-state index < -0.39 is 0 Å². The highest BCUT2D eigenvalue weighted by Gasteiger charge is 2.16. The average Bonchev–Trinajstić information content (AvgIpc) is 3.72. The molecule has 0 aliphatic carbocycles. The summed E-state index contributed by atoms with van der Waals surface area (Å²) in [6, 6.07) is 83.2. The van der Waals surface area contributed by atoms with Gasteiger partial charge >= 0.3 is 0 Å². The lowest BCUT2D eigenvalue weighted by Gasteiger charge is -2.13. The van der Waals surface area contributed by atoms with Crippen molar-refractivity contribution in [1.82, 2.24) is 14.5 Å². The lowest BCUT2D eigenvalue weighted by atomic mass is 9.91. The van der Waals surface area contributed by atoms with Crippen LogP contribution in [0, 0.1) is 0 Å². The molecule has 0 amide bonds. The Morgan fingerprint density at radius 1 is 0.277 bits per heavy atom. The van der Waals surface area contributed by atoms with E-state index >= 15 is 0 Å². The van der Waals surface area contributed by atoms with E-state index in [9.17, 15) is 0 Å². The fourth-order valence-electron chi connectivity index (χ4n) is 10.1. The predicted octanol–water partition coefficient (Wildman–Crippen LogP) is 16.5. The summed E-state index contributed by atoms with van der Waals surface area (Å²) in [5.74, 6) is 0. The van der Waals surface area contributed by atoms with E-state index in [4.69, 9.17) is 9.97 Å². The molecule has 0 aliphatic rings. The van der Waals surface area contributed by atoms with Gasteiger partial charge in [0.1, 0.15) is 0 Å². The Kier molecular flexibility index (Phi) is 8.53. The molecule has 13 rings (SSSR count). The predicted molar refractivity (Wildman–Crippen MR) is 274 cm³/mol. The van der Waals surface area contributed by atoms with Crippen molar-refractivity contribution in [2.45, 2.75) is 0 Å². The van der Waals surface area contributed by atoms with Crippen LogP contribution in [0.4, 0.5) is 0 Å². The SMILES string of the molecule is c1ccc(-n2c3ccccc3c3cc(-c4ccc(-c5ccc(-c6cccc7c(-c8cccc(-c9cnc%10c%11ccccc%11c%11ccccc%11c%10n9)c8)cccc67)cc5)cc4)ccc32)cc1. The second-order valence-corrected chi connectivity index (χ2v) is 16.9. The number of aromatic nitrogens is 3. The summed E-state index contributed by atoms with van der Waals surface area (Å²) in [6.45, 7) is 0. The van der Waals surface area contributed by atoms with Crippen LogP contribution in [0.25, 0.3) is 127 Å². The van der Waals surface area contributed by atoms with Crippen LogP contribution in [0.2, 0.25) is 0 Å². The van der Waals surface area contributed by atoms with Crippen molar-refractivity contribution in [1.29, 1.82) is 0 Å². The zero-order valence-corrected chi connectivity index (χ0v) is 35.4. The summed E-state index contributed by atoms with van der Waals surface area (Å²) >= 11 is 0. The van der Waals surface area contributed by atoms with Gasteiger partial charge in [0.15, 0.2) is 0 Å². The molecule has 11 aromatic carbocycles. The van der Waals surface area contributed by atoms with Gasteiger partial charge in [0, 0.05) is 32.8 Å². The smallest absolute Gasteiger partial charge is 0.0979 e. The lowest BCUT2D eigenvalue weighted by molar-refractivity contribution is 1.18. The molecule has 2 heterocycles. The van der Waals surface area contributed by atoms with E-state index in [1.807, 2.05) is 6.20 Å². The highest BCUT2D eigenvalue weighted by Crippen LogP contribution is 2.39. The van der Waals surface area contributed by atoms with Gasteiger partial charge in [-0.05, 0) is 102 Å². The number of fused-ring (bicyclic) bond motifs is 10. The largest absolute Gasteiger partial charge is 0.309 e. The van der Waals surface area contributed by atoms with Crippen LogP contribution in [0.15, 0.2) is 237 Å². The third-order valence-corrected chi connectivity index (χ3v) is 13.3. The van der Waals surface area contributed by atoms with Gasteiger partial charge in [0.2, 0.25) is 0 Å². The third-order valence-electron chi connectivity index (χ3n) is 13.3. The Bertz CT molecular complexity index is 3940. The van der Waals surface area contributed by atoms with Crippen LogP contribution >= 0.6 is 0 Å². The van der Waals surface area contributed by atoms with Crippen molar-refractivity contribution in [2.75, 3.05) is 0 Å². The maximum atomic E-state index is 5.29. The second kappa shape index (κ2) is 15.0. The minimum Gasteiger partial charge on any atom is -0.309 e. The first-order valence-corrected chi connectivity index (χ1v) is 22.2. The van der Waals surface area contributed by atoms with Gasteiger partial charge in [-0.1, -0.05) is 194 Å². The molecule has 0 saturated heterocycles. The zero-order chi connectivity index (χ0) is 42.8. The maximum Gasteiger partial charge on any atom is 0.0979 e. The maximum absolute atomic E-state index is 5.29. The van der Waals surface area contributed by atoms with Crippen LogP contribution in [0.3, 0.4) is 0 Å². The van der Waals surface area contributed by atoms with E-state index in [0.29, 0.717) is 0 Å². The van der Waals surface area contributed by atoms with Gasteiger partial charge in [0.05, 0.1) is 34.0 Å². The minimum absolute atomic E-state index is 0.861. The van der Waals surface area contributed by atoms with E-state index in [1.165, 1.54) is 88.0 Å². The highest BCUT2D eigenvalue weighted by atomic mass is 15.0. The molecule has 0 radical (unpaired) electrons. The van der Waals surface area contributed by atoms with Crippen LogP contribution in [-0.4, -0.2) is 14.5 Å². The number of para-hydroxylation sites is 2. The summed E-state index contributed by atoms with van der Waals surface area (Å²) in [6.07, 6.45) is 1.93. The Balaban J connectivity index is 0.803. The number of nitrogens with zero attached hydrogens (tertiary/aromatic N) is 3. The fourth-order valence-corrected chi connectivity index (χ4v) is 10.1. The van der Waals surface area contributed by atoms with Crippen molar-refractivity contribution in [2.24, 2.45) is 0 Å². The molecule has 0 N–H and O–H groups in total. The van der Waals surface area contributed by atoms with E-state index in [1.54, 1.807) is 0 Å². The molecule has 3 heteroatoms. The normalized spacial score (nSPS) is 11.7. The number of rotatable bonds is 6. The minimum atomic E-state index is 0.861. The molecular weight excluding hydrogens is 787 g/mol. The number of hydrogen-bond donors (Lipinski definition) is 0. The van der Waals surface area contributed by atoms with Crippen molar-refractivity contribution in [3.8, 4) is 61.5 Å². The quantitative estimate of drug-likeness (QED) is 0.156. The summed E-state index contributed by atoms with van der Waals surface area (Å²) in [5.41, 5.74) is 16.9. The number of hydrogen-bond acceptors (Lipinski definition) is 2. The Hall–Kier alpha value is -8.66. The highest BCUT2D eigenvalue weighted by molar-refractivity contribution is 6.23. The van der Waals surface area contributed by atoms with Crippen molar-refractivity contribution >= 4 is 65.2 Å². The first-order valence-electron chi connectivity index (χ1n) is 22.2. The summed E-state index contributed by atoms with van der Waals surface area (Å²) in [7, 11) is 0. The topological polar surface area (TPSA) is 30.7 Å². The number of benzene rings is 11. The molecule has 3 nitrogen and oxygen atoms in total. The molecule has 0 fully saturated rings. The molecule has 302 valence electrons. The van der Waals surface area contributed by atoms with Gasteiger partial charge in [-0.15, -0.1) is 0 Å². The fraction of sp³-hybridized carbons (Fsp3) is 0. The molecule has 65 heavy (non-hydrogen) atoms. The standard InChI is InChI=1S/C62H39N3/c1-2-15-47(16-3-1)65-59-26-9-8-19-54(59)57-38-44(35-36-60(57)65)42-29-27-40(28-30-42)41-31-33-43(34-32-41)48-22-11-25-51-49(23-12-24-50(48)51)45-13-10-14-46(37-45)58-39-63-61-55-20-6-4-17-52(55)53-18-5-7-21-56(53)62(61)64-58/h1-39H. The molecule has 0 bridgehead atoms.